The van der Waals surface area contributed by atoms with Gasteiger partial charge < -0.3 is 15.5 Å². The first-order chi connectivity index (χ1) is 12.6. The molecule has 27 heavy (non-hydrogen) atoms. The first kappa shape index (κ1) is 20.6. The van der Waals surface area contributed by atoms with Gasteiger partial charge in [-0.2, -0.15) is 13.2 Å². The van der Waals surface area contributed by atoms with Crippen LogP contribution in [0.15, 0.2) is 42.5 Å². The molecule has 0 spiro atoms. The van der Waals surface area contributed by atoms with Gasteiger partial charge in [-0.1, -0.05) is 11.6 Å². The number of rotatable bonds is 5. The Morgan fingerprint density at radius 3 is 2.15 bits per heavy atom. The van der Waals surface area contributed by atoms with Crippen molar-refractivity contribution in [3.05, 3.63) is 53.1 Å². The third-order valence-electron chi connectivity index (χ3n) is 3.56. The number of carbonyl (C=O) groups excluding carboxylic acids is 2. The Labute approximate surface area is 159 Å². The van der Waals surface area contributed by atoms with Crippen LogP contribution in [0.1, 0.15) is 12.0 Å². The summed E-state index contributed by atoms with van der Waals surface area (Å²) in [5.41, 5.74) is 0.271. The average Bonchev–Trinajstić information content (AvgIpc) is 2.56. The minimum absolute atomic E-state index is 0.0592. The van der Waals surface area contributed by atoms with Crippen LogP contribution >= 0.6 is 11.6 Å². The van der Waals surface area contributed by atoms with E-state index in [0.717, 1.165) is 23.9 Å². The van der Waals surface area contributed by atoms with Gasteiger partial charge >= 0.3 is 6.18 Å². The maximum Gasteiger partial charge on any atom is 0.416 e. The van der Waals surface area contributed by atoms with Gasteiger partial charge in [-0.3, -0.25) is 9.59 Å². The predicted octanol–water partition coefficient (Wildman–Crippen LogP) is 4.39. The monoisotopic (exact) mass is 399 g/mol. The Bertz CT molecular complexity index is 837. The van der Waals surface area contributed by atoms with Crippen LogP contribution in [0.2, 0.25) is 5.02 Å². The van der Waals surface area contributed by atoms with Crippen LogP contribution in [0, 0.1) is 0 Å². The van der Waals surface area contributed by atoms with Gasteiger partial charge in [-0.05, 0) is 42.5 Å². The smallest absolute Gasteiger partial charge is 0.378 e. The highest BCUT2D eigenvalue weighted by Crippen LogP contribution is 2.33. The van der Waals surface area contributed by atoms with E-state index < -0.39 is 30.0 Å². The van der Waals surface area contributed by atoms with Crippen molar-refractivity contribution in [1.82, 2.24) is 0 Å². The second-order valence-electron chi connectivity index (χ2n) is 5.91. The lowest BCUT2D eigenvalue weighted by Gasteiger charge is -2.13. The molecule has 2 aromatic carbocycles. The van der Waals surface area contributed by atoms with Crippen molar-refractivity contribution < 1.29 is 22.8 Å². The number of hydrogen-bond acceptors (Lipinski definition) is 3. The van der Waals surface area contributed by atoms with Crippen LogP contribution < -0.4 is 15.5 Å². The highest BCUT2D eigenvalue weighted by Gasteiger charge is 2.31. The van der Waals surface area contributed by atoms with Gasteiger partial charge in [0.2, 0.25) is 11.8 Å². The zero-order valence-corrected chi connectivity index (χ0v) is 15.3. The first-order valence-electron chi connectivity index (χ1n) is 7.80. The Morgan fingerprint density at radius 1 is 1.00 bits per heavy atom. The van der Waals surface area contributed by atoms with Crippen LogP contribution in [0.25, 0.3) is 0 Å². The van der Waals surface area contributed by atoms with Crippen molar-refractivity contribution in [3.63, 3.8) is 0 Å². The van der Waals surface area contributed by atoms with Crippen LogP contribution in [0.3, 0.4) is 0 Å². The van der Waals surface area contributed by atoms with E-state index in [1.165, 1.54) is 0 Å². The molecule has 144 valence electrons. The average molecular weight is 400 g/mol. The Kier molecular flexibility index (Phi) is 6.32. The maximum absolute atomic E-state index is 12.7. The summed E-state index contributed by atoms with van der Waals surface area (Å²) in [5, 5.41) is 4.71. The van der Waals surface area contributed by atoms with Crippen LogP contribution in [-0.2, 0) is 15.8 Å². The van der Waals surface area contributed by atoms with E-state index >= 15 is 0 Å². The molecule has 5 nitrogen and oxygen atoms in total. The zero-order chi connectivity index (χ0) is 20.2. The Morgan fingerprint density at radius 2 is 1.59 bits per heavy atom. The number of hydrogen-bond donors (Lipinski definition) is 2. The van der Waals surface area contributed by atoms with E-state index in [2.05, 4.69) is 10.6 Å². The zero-order valence-electron chi connectivity index (χ0n) is 14.5. The predicted molar refractivity (Wildman–Crippen MR) is 99.1 cm³/mol. The number of anilines is 3. The normalized spacial score (nSPS) is 11.0. The van der Waals surface area contributed by atoms with Crippen molar-refractivity contribution in [2.45, 2.75) is 12.6 Å². The van der Waals surface area contributed by atoms with Crippen molar-refractivity contribution >= 4 is 40.5 Å². The molecule has 0 saturated heterocycles. The second kappa shape index (κ2) is 8.30. The number of halogens is 4. The van der Waals surface area contributed by atoms with E-state index in [9.17, 15) is 22.8 Å². The molecule has 0 heterocycles. The molecular formula is C18H17ClF3N3O2. The maximum atomic E-state index is 12.7. The lowest BCUT2D eigenvalue weighted by molar-refractivity contribution is -0.137. The van der Waals surface area contributed by atoms with E-state index in [-0.39, 0.29) is 10.7 Å². The van der Waals surface area contributed by atoms with E-state index in [0.29, 0.717) is 5.69 Å². The molecule has 0 unspecified atom stereocenters. The third-order valence-corrected chi connectivity index (χ3v) is 3.89. The summed E-state index contributed by atoms with van der Waals surface area (Å²) in [6, 6.07) is 9.49. The van der Waals surface area contributed by atoms with E-state index in [1.807, 2.05) is 19.0 Å². The number of nitrogens with zero attached hydrogens (tertiary/aromatic N) is 1. The van der Waals surface area contributed by atoms with Crippen molar-refractivity contribution in [2.75, 3.05) is 29.6 Å². The summed E-state index contributed by atoms with van der Waals surface area (Å²) in [6.07, 6.45) is -5.14. The quantitative estimate of drug-likeness (QED) is 0.733. The molecule has 0 aromatic heterocycles. The SMILES string of the molecule is CN(C)c1ccc(NC(=O)CC(=O)Nc2cc(C(F)(F)F)ccc2Cl)cc1. The number of amides is 2. The number of nitrogens with one attached hydrogen (secondary N) is 2. The molecule has 2 N–H and O–H groups in total. The molecule has 0 bridgehead atoms. The first-order valence-corrected chi connectivity index (χ1v) is 8.18. The van der Waals surface area contributed by atoms with Gasteiger partial charge in [0.15, 0.2) is 0 Å². The molecule has 2 aromatic rings. The Balaban J connectivity index is 1.98. The largest absolute Gasteiger partial charge is 0.416 e. The minimum Gasteiger partial charge on any atom is -0.378 e. The van der Waals surface area contributed by atoms with Crippen LogP contribution in [0.4, 0.5) is 30.2 Å². The molecule has 0 aliphatic heterocycles. The van der Waals surface area contributed by atoms with Gasteiger partial charge in [0, 0.05) is 25.5 Å². The molecule has 0 aliphatic rings. The van der Waals surface area contributed by atoms with Gasteiger partial charge in [-0.25, -0.2) is 0 Å². The molecule has 0 aliphatic carbocycles. The fourth-order valence-electron chi connectivity index (χ4n) is 2.19. The number of carbonyl (C=O) groups is 2. The molecule has 0 saturated carbocycles. The van der Waals surface area contributed by atoms with Crippen molar-refractivity contribution in [2.24, 2.45) is 0 Å². The highest BCUT2D eigenvalue weighted by molar-refractivity contribution is 6.33. The van der Waals surface area contributed by atoms with Crippen molar-refractivity contribution in [1.29, 1.82) is 0 Å². The minimum atomic E-state index is -4.57. The second-order valence-corrected chi connectivity index (χ2v) is 6.31. The van der Waals surface area contributed by atoms with E-state index in [4.69, 9.17) is 11.6 Å². The molecule has 9 heteroatoms. The third kappa shape index (κ3) is 5.89. The van der Waals surface area contributed by atoms with Crippen LogP contribution in [0.5, 0.6) is 0 Å². The fraction of sp³-hybridized carbons (Fsp3) is 0.222. The molecular weight excluding hydrogens is 383 g/mol. The molecule has 2 amide bonds. The topological polar surface area (TPSA) is 61.4 Å². The summed E-state index contributed by atoms with van der Waals surface area (Å²) >= 11 is 5.81. The number of alkyl halides is 3. The fourth-order valence-corrected chi connectivity index (χ4v) is 2.35. The van der Waals surface area contributed by atoms with Gasteiger partial charge in [-0.15, -0.1) is 0 Å². The summed E-state index contributed by atoms with van der Waals surface area (Å²) < 4.78 is 38.2. The lowest BCUT2D eigenvalue weighted by Crippen LogP contribution is -2.22. The summed E-state index contributed by atoms with van der Waals surface area (Å²) in [4.78, 5) is 25.8. The molecule has 0 radical (unpaired) electrons. The standard InChI is InChI=1S/C18H17ClF3N3O2/c1-25(2)13-6-4-12(5-7-13)23-16(26)10-17(27)24-15-9-11(18(20,21)22)3-8-14(15)19/h3-9H,10H2,1-2H3,(H,23,26)(H,24,27). The molecule has 0 fully saturated rings. The summed E-state index contributed by atoms with van der Waals surface area (Å²) in [5.74, 6) is -1.38. The summed E-state index contributed by atoms with van der Waals surface area (Å²) in [6.45, 7) is 0. The molecule has 2 rings (SSSR count). The number of benzene rings is 2. The van der Waals surface area contributed by atoms with Crippen LogP contribution in [-0.4, -0.2) is 25.9 Å². The lowest BCUT2D eigenvalue weighted by atomic mass is 10.2. The van der Waals surface area contributed by atoms with Gasteiger partial charge in [0.25, 0.3) is 0 Å². The van der Waals surface area contributed by atoms with E-state index in [1.54, 1.807) is 24.3 Å². The molecule has 0 atom stereocenters. The highest BCUT2D eigenvalue weighted by atomic mass is 35.5. The van der Waals surface area contributed by atoms with Crippen molar-refractivity contribution in [3.8, 4) is 0 Å². The van der Waals surface area contributed by atoms with Gasteiger partial charge in [0.05, 0.1) is 16.3 Å². The van der Waals surface area contributed by atoms with Gasteiger partial charge in [0.1, 0.15) is 6.42 Å². The summed E-state index contributed by atoms with van der Waals surface area (Å²) in [7, 11) is 3.74. The Hall–Kier alpha value is -2.74.